The van der Waals surface area contributed by atoms with E-state index in [9.17, 15) is 4.39 Å². The Morgan fingerprint density at radius 2 is 2.26 bits per heavy atom. The average molecular weight is 266 g/mol. The van der Waals surface area contributed by atoms with E-state index in [-0.39, 0.29) is 11.4 Å². The van der Waals surface area contributed by atoms with Crippen molar-refractivity contribution in [2.75, 3.05) is 31.6 Å². The maximum atomic E-state index is 14.2. The fourth-order valence-corrected chi connectivity index (χ4v) is 2.71. The number of rotatable bonds is 4. The van der Waals surface area contributed by atoms with Crippen LogP contribution < -0.4 is 10.6 Å². The summed E-state index contributed by atoms with van der Waals surface area (Å²) in [6, 6.07) is 5.42. The number of anilines is 1. The summed E-state index contributed by atoms with van der Waals surface area (Å²) in [5, 5.41) is 0. The van der Waals surface area contributed by atoms with Gasteiger partial charge >= 0.3 is 0 Å². The fraction of sp³-hybridized carbons (Fsp3) is 0.600. The van der Waals surface area contributed by atoms with E-state index in [0.29, 0.717) is 18.7 Å². The maximum absolute atomic E-state index is 14.2. The van der Waals surface area contributed by atoms with Gasteiger partial charge in [-0.05, 0) is 50.4 Å². The lowest BCUT2D eigenvalue weighted by atomic mass is 9.94. The van der Waals surface area contributed by atoms with E-state index in [0.717, 1.165) is 31.5 Å². The Bertz CT molecular complexity index is 438. The smallest absolute Gasteiger partial charge is 0.146 e. The third-order valence-electron chi connectivity index (χ3n) is 3.94. The molecule has 0 aliphatic carbocycles. The lowest BCUT2D eigenvalue weighted by Crippen LogP contribution is -2.47. The van der Waals surface area contributed by atoms with Crippen molar-refractivity contribution in [2.45, 2.75) is 31.8 Å². The SMILES string of the molecule is COC1(C)CCCN(c2ccc(CCN)cc2F)C1. The standard InChI is InChI=1S/C15H23FN2O/c1-15(19-2)7-3-9-18(11-15)14-5-4-12(6-8-17)10-13(14)16/h4-5,10H,3,6-9,11,17H2,1-2H3. The molecule has 1 aromatic rings. The quantitative estimate of drug-likeness (QED) is 0.909. The van der Waals surface area contributed by atoms with Crippen LogP contribution in [0.4, 0.5) is 10.1 Å². The molecule has 0 spiro atoms. The number of piperidine rings is 1. The summed E-state index contributed by atoms with van der Waals surface area (Å²) in [5.41, 5.74) is 6.94. The molecule has 0 amide bonds. The van der Waals surface area contributed by atoms with Crippen LogP contribution in [-0.2, 0) is 11.2 Å². The van der Waals surface area contributed by atoms with Crippen molar-refractivity contribution in [2.24, 2.45) is 5.73 Å². The van der Waals surface area contributed by atoms with Crippen molar-refractivity contribution in [1.29, 1.82) is 0 Å². The normalized spacial score (nSPS) is 23.7. The van der Waals surface area contributed by atoms with Crippen molar-refractivity contribution in [3.05, 3.63) is 29.6 Å². The first-order chi connectivity index (χ1) is 9.08. The Balaban J connectivity index is 2.17. The van der Waals surface area contributed by atoms with Crippen LogP contribution in [0.3, 0.4) is 0 Å². The molecule has 1 aromatic carbocycles. The minimum absolute atomic E-state index is 0.161. The molecule has 2 rings (SSSR count). The lowest BCUT2D eigenvalue weighted by Gasteiger charge is -2.40. The molecule has 1 saturated heterocycles. The predicted molar refractivity (Wildman–Crippen MR) is 76.0 cm³/mol. The van der Waals surface area contributed by atoms with Crippen LogP contribution in [-0.4, -0.2) is 32.3 Å². The van der Waals surface area contributed by atoms with Gasteiger partial charge in [-0.15, -0.1) is 0 Å². The Labute approximate surface area is 114 Å². The number of benzene rings is 1. The van der Waals surface area contributed by atoms with Crippen molar-refractivity contribution >= 4 is 5.69 Å². The van der Waals surface area contributed by atoms with Gasteiger partial charge in [0.15, 0.2) is 0 Å². The molecule has 1 fully saturated rings. The van der Waals surface area contributed by atoms with Crippen LogP contribution in [0.25, 0.3) is 0 Å². The van der Waals surface area contributed by atoms with Gasteiger partial charge in [-0.1, -0.05) is 6.07 Å². The third kappa shape index (κ3) is 3.25. The Morgan fingerprint density at radius 3 is 2.89 bits per heavy atom. The minimum atomic E-state index is -0.180. The zero-order valence-corrected chi connectivity index (χ0v) is 11.8. The van der Waals surface area contributed by atoms with E-state index in [2.05, 4.69) is 11.8 Å². The minimum Gasteiger partial charge on any atom is -0.377 e. The van der Waals surface area contributed by atoms with Crippen LogP contribution in [0, 0.1) is 5.82 Å². The Morgan fingerprint density at radius 1 is 1.47 bits per heavy atom. The molecule has 0 bridgehead atoms. The van der Waals surface area contributed by atoms with Gasteiger partial charge in [-0.3, -0.25) is 0 Å². The molecule has 1 heterocycles. The van der Waals surface area contributed by atoms with Crippen LogP contribution >= 0.6 is 0 Å². The van der Waals surface area contributed by atoms with Gasteiger partial charge in [-0.25, -0.2) is 4.39 Å². The highest BCUT2D eigenvalue weighted by molar-refractivity contribution is 5.50. The summed E-state index contributed by atoms with van der Waals surface area (Å²) in [6.07, 6.45) is 2.76. The lowest BCUT2D eigenvalue weighted by molar-refractivity contribution is -0.00476. The Hall–Kier alpha value is -1.13. The highest BCUT2D eigenvalue weighted by Crippen LogP contribution is 2.29. The van der Waals surface area contributed by atoms with Crippen molar-refractivity contribution in [1.82, 2.24) is 0 Å². The second kappa shape index (κ2) is 5.88. The van der Waals surface area contributed by atoms with Crippen molar-refractivity contribution in [3.63, 3.8) is 0 Å². The second-order valence-corrected chi connectivity index (χ2v) is 5.50. The number of ether oxygens (including phenoxy) is 1. The summed E-state index contributed by atoms with van der Waals surface area (Å²) in [5.74, 6) is -0.161. The summed E-state index contributed by atoms with van der Waals surface area (Å²) < 4.78 is 19.7. The molecule has 19 heavy (non-hydrogen) atoms. The van der Waals surface area contributed by atoms with Crippen LogP contribution in [0.1, 0.15) is 25.3 Å². The van der Waals surface area contributed by atoms with Gasteiger partial charge in [0.05, 0.1) is 11.3 Å². The topological polar surface area (TPSA) is 38.5 Å². The molecule has 0 saturated carbocycles. The zero-order valence-electron chi connectivity index (χ0n) is 11.8. The van der Waals surface area contributed by atoms with Gasteiger partial charge in [0.2, 0.25) is 0 Å². The summed E-state index contributed by atoms with van der Waals surface area (Å²) in [7, 11) is 1.73. The number of methoxy groups -OCH3 is 1. The molecular formula is C15H23FN2O. The molecule has 1 aliphatic heterocycles. The Kier molecular flexibility index (Phi) is 4.42. The first kappa shape index (κ1) is 14.3. The highest BCUT2D eigenvalue weighted by atomic mass is 19.1. The van der Waals surface area contributed by atoms with Crippen molar-refractivity contribution < 1.29 is 9.13 Å². The van der Waals surface area contributed by atoms with Crippen molar-refractivity contribution in [3.8, 4) is 0 Å². The number of hydrogen-bond acceptors (Lipinski definition) is 3. The maximum Gasteiger partial charge on any atom is 0.146 e. The number of hydrogen-bond donors (Lipinski definition) is 1. The number of nitrogens with zero attached hydrogens (tertiary/aromatic N) is 1. The van der Waals surface area contributed by atoms with Crippen LogP contribution in [0.2, 0.25) is 0 Å². The zero-order chi connectivity index (χ0) is 13.9. The van der Waals surface area contributed by atoms with Gasteiger partial charge in [-0.2, -0.15) is 0 Å². The van der Waals surface area contributed by atoms with E-state index in [1.807, 2.05) is 12.1 Å². The molecule has 0 radical (unpaired) electrons. The number of nitrogens with two attached hydrogens (primary N) is 1. The largest absolute Gasteiger partial charge is 0.377 e. The highest BCUT2D eigenvalue weighted by Gasteiger charge is 2.31. The molecular weight excluding hydrogens is 243 g/mol. The molecule has 106 valence electrons. The van der Waals surface area contributed by atoms with Gasteiger partial charge in [0.25, 0.3) is 0 Å². The van der Waals surface area contributed by atoms with E-state index < -0.39 is 0 Å². The molecule has 4 heteroatoms. The number of halogens is 1. The van der Waals surface area contributed by atoms with Crippen LogP contribution in [0.5, 0.6) is 0 Å². The van der Waals surface area contributed by atoms with Gasteiger partial charge in [0.1, 0.15) is 5.82 Å². The predicted octanol–water partition coefficient (Wildman–Crippen LogP) is 2.33. The van der Waals surface area contributed by atoms with Gasteiger partial charge < -0.3 is 15.4 Å². The molecule has 2 N–H and O–H groups in total. The van der Waals surface area contributed by atoms with E-state index >= 15 is 0 Å². The van der Waals surface area contributed by atoms with E-state index in [1.165, 1.54) is 0 Å². The summed E-state index contributed by atoms with van der Waals surface area (Å²) >= 11 is 0. The third-order valence-corrected chi connectivity index (χ3v) is 3.94. The molecule has 1 unspecified atom stereocenters. The summed E-state index contributed by atoms with van der Waals surface area (Å²) in [4.78, 5) is 2.08. The van der Waals surface area contributed by atoms with E-state index in [1.54, 1.807) is 13.2 Å². The average Bonchev–Trinajstić information content (AvgIpc) is 2.39. The van der Waals surface area contributed by atoms with Crippen LogP contribution in [0.15, 0.2) is 18.2 Å². The summed E-state index contributed by atoms with van der Waals surface area (Å²) in [6.45, 7) is 4.24. The first-order valence-corrected chi connectivity index (χ1v) is 6.86. The molecule has 1 aliphatic rings. The molecule has 1 atom stereocenters. The second-order valence-electron chi connectivity index (χ2n) is 5.50. The molecule has 3 nitrogen and oxygen atoms in total. The van der Waals surface area contributed by atoms with Gasteiger partial charge in [0, 0.05) is 20.2 Å². The van der Waals surface area contributed by atoms with E-state index in [4.69, 9.17) is 10.5 Å². The monoisotopic (exact) mass is 266 g/mol. The fourth-order valence-electron chi connectivity index (χ4n) is 2.71. The first-order valence-electron chi connectivity index (χ1n) is 6.86. The molecule has 0 aromatic heterocycles.